The van der Waals surface area contributed by atoms with Gasteiger partial charge in [-0.15, -0.1) is 0 Å². The molecule has 1 aromatic heterocycles. The molecule has 1 aliphatic heterocycles. The second-order valence-electron chi connectivity index (χ2n) is 3.17. The highest BCUT2D eigenvalue weighted by molar-refractivity contribution is 5.51. The minimum atomic E-state index is 0.623. The number of hydrogen-bond acceptors (Lipinski definition) is 2. The maximum atomic E-state index is 4.39. The molecule has 1 N–H and O–H groups in total. The van der Waals surface area contributed by atoms with E-state index in [9.17, 15) is 0 Å². The van der Waals surface area contributed by atoms with E-state index in [1.807, 2.05) is 6.92 Å². The molecule has 0 saturated carbocycles. The smallest absolute Gasteiger partial charge is 0.129 e. The van der Waals surface area contributed by atoms with Crippen molar-refractivity contribution in [3.8, 4) is 0 Å². The molecule has 58 valence electrons. The SMILES string of the molecule is Cc1ccc2c(n1)NCC2C. The third-order valence-electron chi connectivity index (χ3n) is 2.17. The van der Waals surface area contributed by atoms with Crippen molar-refractivity contribution in [2.24, 2.45) is 0 Å². The van der Waals surface area contributed by atoms with Gasteiger partial charge >= 0.3 is 0 Å². The number of aromatic nitrogens is 1. The molecule has 11 heavy (non-hydrogen) atoms. The van der Waals surface area contributed by atoms with Crippen LogP contribution in [0.25, 0.3) is 0 Å². The second-order valence-corrected chi connectivity index (χ2v) is 3.17. The molecule has 0 radical (unpaired) electrons. The predicted octanol–water partition coefficient (Wildman–Crippen LogP) is 1.92. The Balaban J connectivity index is 2.50. The lowest BCUT2D eigenvalue weighted by molar-refractivity contribution is 0.854. The van der Waals surface area contributed by atoms with E-state index in [4.69, 9.17) is 0 Å². The largest absolute Gasteiger partial charge is 0.369 e. The average Bonchev–Trinajstić information content (AvgIpc) is 2.32. The zero-order valence-electron chi connectivity index (χ0n) is 6.89. The van der Waals surface area contributed by atoms with E-state index in [2.05, 4.69) is 29.4 Å². The normalized spacial score (nSPS) is 21.1. The lowest BCUT2D eigenvalue weighted by atomic mass is 10.1. The molecule has 1 aromatic rings. The van der Waals surface area contributed by atoms with E-state index in [-0.39, 0.29) is 0 Å². The van der Waals surface area contributed by atoms with E-state index < -0.39 is 0 Å². The fourth-order valence-electron chi connectivity index (χ4n) is 1.47. The van der Waals surface area contributed by atoms with Crippen LogP contribution in [0.3, 0.4) is 0 Å². The third kappa shape index (κ3) is 0.985. The van der Waals surface area contributed by atoms with Gasteiger partial charge < -0.3 is 5.32 Å². The van der Waals surface area contributed by atoms with Crippen LogP contribution in [-0.4, -0.2) is 11.5 Å². The van der Waals surface area contributed by atoms with Crippen molar-refractivity contribution in [1.82, 2.24) is 4.98 Å². The minimum Gasteiger partial charge on any atom is -0.369 e. The van der Waals surface area contributed by atoms with Crippen molar-refractivity contribution in [3.05, 3.63) is 23.4 Å². The zero-order valence-corrected chi connectivity index (χ0v) is 6.89. The Morgan fingerprint density at radius 3 is 3.18 bits per heavy atom. The van der Waals surface area contributed by atoms with Crippen LogP contribution < -0.4 is 5.32 Å². The van der Waals surface area contributed by atoms with Gasteiger partial charge in [0, 0.05) is 18.2 Å². The van der Waals surface area contributed by atoms with Gasteiger partial charge in [0.1, 0.15) is 5.82 Å². The highest BCUT2D eigenvalue weighted by Crippen LogP contribution is 2.28. The van der Waals surface area contributed by atoms with Gasteiger partial charge in [0.15, 0.2) is 0 Å². The van der Waals surface area contributed by atoms with Crippen LogP contribution in [-0.2, 0) is 0 Å². The number of rotatable bonds is 0. The molecule has 2 rings (SSSR count). The van der Waals surface area contributed by atoms with E-state index in [0.29, 0.717) is 5.92 Å². The van der Waals surface area contributed by atoms with Crippen LogP contribution in [0, 0.1) is 6.92 Å². The van der Waals surface area contributed by atoms with E-state index >= 15 is 0 Å². The summed E-state index contributed by atoms with van der Waals surface area (Å²) in [5.74, 6) is 1.70. The molecule has 0 spiro atoms. The molecule has 2 heteroatoms. The van der Waals surface area contributed by atoms with Crippen LogP contribution in [0.5, 0.6) is 0 Å². The van der Waals surface area contributed by atoms with Gasteiger partial charge in [0.2, 0.25) is 0 Å². The monoisotopic (exact) mass is 148 g/mol. The molecular weight excluding hydrogens is 136 g/mol. The fourth-order valence-corrected chi connectivity index (χ4v) is 1.47. The Kier molecular flexibility index (Phi) is 1.34. The highest BCUT2D eigenvalue weighted by Gasteiger charge is 2.18. The van der Waals surface area contributed by atoms with Gasteiger partial charge in [-0.3, -0.25) is 0 Å². The summed E-state index contributed by atoms with van der Waals surface area (Å²) in [6, 6.07) is 4.24. The van der Waals surface area contributed by atoms with Gasteiger partial charge in [-0.1, -0.05) is 13.0 Å². The third-order valence-corrected chi connectivity index (χ3v) is 2.17. The first-order valence-corrected chi connectivity index (χ1v) is 3.99. The second kappa shape index (κ2) is 2.22. The number of anilines is 1. The Bertz CT molecular complexity index is 281. The summed E-state index contributed by atoms with van der Waals surface area (Å²) in [6.07, 6.45) is 0. The molecule has 0 fully saturated rings. The zero-order chi connectivity index (χ0) is 7.84. The molecule has 1 unspecified atom stereocenters. The highest BCUT2D eigenvalue weighted by atomic mass is 15.0. The first kappa shape index (κ1) is 6.65. The number of nitrogens with zero attached hydrogens (tertiary/aromatic N) is 1. The molecule has 0 aliphatic carbocycles. The van der Waals surface area contributed by atoms with E-state index in [1.165, 1.54) is 5.56 Å². The Labute approximate surface area is 66.7 Å². The summed E-state index contributed by atoms with van der Waals surface area (Å²) in [7, 11) is 0. The van der Waals surface area contributed by atoms with Crippen LogP contribution in [0.2, 0.25) is 0 Å². The summed E-state index contributed by atoms with van der Waals surface area (Å²) in [4.78, 5) is 4.39. The number of pyridine rings is 1. The first-order valence-electron chi connectivity index (χ1n) is 3.99. The van der Waals surface area contributed by atoms with Crippen LogP contribution in [0.15, 0.2) is 12.1 Å². The molecule has 2 heterocycles. The van der Waals surface area contributed by atoms with Gasteiger partial charge in [0.05, 0.1) is 0 Å². The summed E-state index contributed by atoms with van der Waals surface area (Å²) < 4.78 is 0. The predicted molar refractivity (Wildman–Crippen MR) is 45.9 cm³/mol. The van der Waals surface area contributed by atoms with Crippen molar-refractivity contribution in [1.29, 1.82) is 0 Å². The van der Waals surface area contributed by atoms with Gasteiger partial charge in [-0.25, -0.2) is 4.98 Å². The molecule has 1 atom stereocenters. The summed E-state index contributed by atoms with van der Waals surface area (Å²) in [6.45, 7) is 5.27. The van der Waals surface area contributed by atoms with Crippen molar-refractivity contribution in [2.45, 2.75) is 19.8 Å². The van der Waals surface area contributed by atoms with E-state index in [0.717, 1.165) is 18.1 Å². The summed E-state index contributed by atoms with van der Waals surface area (Å²) in [5, 5.41) is 3.28. The fraction of sp³-hybridized carbons (Fsp3) is 0.444. The first-order chi connectivity index (χ1) is 5.27. The minimum absolute atomic E-state index is 0.623. The standard InChI is InChI=1S/C9H12N2/c1-6-5-10-9-8(6)4-3-7(2)11-9/h3-4,6H,5H2,1-2H3,(H,10,11). The topological polar surface area (TPSA) is 24.9 Å². The van der Waals surface area contributed by atoms with Crippen LogP contribution in [0.1, 0.15) is 24.1 Å². The quantitative estimate of drug-likeness (QED) is 0.608. The van der Waals surface area contributed by atoms with Crippen LogP contribution >= 0.6 is 0 Å². The number of hydrogen-bond donors (Lipinski definition) is 1. The lowest BCUT2D eigenvalue weighted by Crippen LogP contribution is -1.96. The maximum Gasteiger partial charge on any atom is 0.129 e. The molecule has 0 aromatic carbocycles. The van der Waals surface area contributed by atoms with Gasteiger partial charge in [-0.05, 0) is 18.6 Å². The molecule has 2 nitrogen and oxygen atoms in total. The van der Waals surface area contributed by atoms with Crippen LogP contribution in [0.4, 0.5) is 5.82 Å². The maximum absolute atomic E-state index is 4.39. The Morgan fingerprint density at radius 2 is 2.36 bits per heavy atom. The Morgan fingerprint density at radius 1 is 1.55 bits per heavy atom. The number of aryl methyl sites for hydroxylation is 1. The van der Waals surface area contributed by atoms with Gasteiger partial charge in [-0.2, -0.15) is 0 Å². The molecule has 0 bridgehead atoms. The van der Waals surface area contributed by atoms with Crippen molar-refractivity contribution in [3.63, 3.8) is 0 Å². The van der Waals surface area contributed by atoms with Crippen molar-refractivity contribution < 1.29 is 0 Å². The molecule has 0 saturated heterocycles. The number of nitrogens with one attached hydrogen (secondary N) is 1. The molecule has 1 aliphatic rings. The molecule has 0 amide bonds. The van der Waals surface area contributed by atoms with E-state index in [1.54, 1.807) is 0 Å². The number of fused-ring (bicyclic) bond motifs is 1. The van der Waals surface area contributed by atoms with Gasteiger partial charge in [0.25, 0.3) is 0 Å². The van der Waals surface area contributed by atoms with Crippen molar-refractivity contribution in [2.75, 3.05) is 11.9 Å². The molecular formula is C9H12N2. The average molecular weight is 148 g/mol. The Hall–Kier alpha value is -1.05. The summed E-state index contributed by atoms with van der Waals surface area (Å²) in [5.41, 5.74) is 2.45. The lowest BCUT2D eigenvalue weighted by Gasteiger charge is -2.00. The summed E-state index contributed by atoms with van der Waals surface area (Å²) >= 11 is 0. The van der Waals surface area contributed by atoms with Crippen molar-refractivity contribution >= 4 is 5.82 Å².